The van der Waals surface area contributed by atoms with Crippen molar-refractivity contribution in [3.05, 3.63) is 35.6 Å². The van der Waals surface area contributed by atoms with E-state index >= 15 is 0 Å². The molecule has 0 amide bonds. The normalized spacial score (nSPS) is 40.4. The Balaban J connectivity index is 1.76. The van der Waals surface area contributed by atoms with Gasteiger partial charge in [-0.15, -0.1) is 0 Å². The zero-order valence-electron chi connectivity index (χ0n) is 25.1. The van der Waals surface area contributed by atoms with Gasteiger partial charge in [-0.25, -0.2) is 0 Å². The van der Waals surface area contributed by atoms with Gasteiger partial charge in [-0.3, -0.25) is 19.2 Å². The predicted molar refractivity (Wildman–Crippen MR) is 148 cm³/mol. The van der Waals surface area contributed by atoms with Crippen molar-refractivity contribution in [3.8, 4) is 0 Å². The highest BCUT2D eigenvalue weighted by Gasteiger charge is 2.74. The lowest BCUT2D eigenvalue weighted by Gasteiger charge is -2.63. The minimum Gasteiger partial charge on any atom is -0.505 e. The van der Waals surface area contributed by atoms with Crippen LogP contribution in [0.2, 0.25) is 0 Å². The highest BCUT2D eigenvalue weighted by Crippen LogP contribution is 2.73. The van der Waals surface area contributed by atoms with Crippen LogP contribution in [-0.4, -0.2) is 55.9 Å². The smallest absolute Gasteiger partial charge is 0.303 e. The average molecular weight is 557 g/mol. The fourth-order valence-electron chi connectivity index (χ4n) is 8.98. The Morgan fingerprint density at radius 3 is 2.25 bits per heavy atom. The van der Waals surface area contributed by atoms with Crippen molar-refractivity contribution in [2.75, 3.05) is 0 Å². The fourth-order valence-corrected chi connectivity index (χ4v) is 8.98. The molecule has 0 aliphatic heterocycles. The van der Waals surface area contributed by atoms with E-state index in [4.69, 9.17) is 4.74 Å². The lowest BCUT2D eigenvalue weighted by atomic mass is 9.39. The van der Waals surface area contributed by atoms with Crippen molar-refractivity contribution in [1.29, 1.82) is 0 Å². The number of aliphatic hydroxyl groups excluding tert-OH is 2. The summed E-state index contributed by atoms with van der Waals surface area (Å²) < 4.78 is 5.22. The first kappa shape index (κ1) is 30.4. The molecule has 2 saturated carbocycles. The summed E-state index contributed by atoms with van der Waals surface area (Å²) in [5.41, 5.74) is -5.72. The zero-order chi connectivity index (χ0) is 30.4. The van der Waals surface area contributed by atoms with E-state index in [0.717, 1.165) is 5.57 Å². The van der Waals surface area contributed by atoms with Crippen molar-refractivity contribution >= 4 is 23.3 Å². The number of carbonyl (C=O) groups is 4. The molecule has 0 aromatic heterocycles. The molecule has 0 aromatic carbocycles. The number of hydrogen-bond donors (Lipinski definition) is 3. The van der Waals surface area contributed by atoms with Crippen LogP contribution in [0.3, 0.4) is 0 Å². The first-order valence-corrected chi connectivity index (χ1v) is 14.1. The molecule has 4 aliphatic carbocycles. The number of Topliss-reactive ketones (excluding diaryl/α,β-unsaturated/α-hetero) is 2. The van der Waals surface area contributed by atoms with Gasteiger partial charge in [-0.1, -0.05) is 32.4 Å². The molecule has 0 spiro atoms. The number of ketones is 3. The Kier molecular flexibility index (Phi) is 6.80. The van der Waals surface area contributed by atoms with Crippen molar-refractivity contribution in [2.45, 2.75) is 98.9 Å². The van der Waals surface area contributed by atoms with Crippen LogP contribution in [0.1, 0.15) is 81.6 Å². The Morgan fingerprint density at radius 1 is 1.07 bits per heavy atom. The standard InChI is InChI=1S/C32H44O8/c1-17(33)40-27(2,3)13-12-23(36)32(9,39)25-21(35)15-29(6)22-11-10-18-19(14-20(34)26(38)28(18,4)5)31(22,8)24(37)16-30(25,29)7/h10,12-14,19,21-22,25,34-35,39H,11,15-16H2,1-9H3/b13-12+/t19-,21+,22-,25-,29-,30+,31-,32+/m0/s1. The number of fused-ring (bicyclic) bond motifs is 5. The molecule has 0 bridgehead atoms. The van der Waals surface area contributed by atoms with Gasteiger partial charge < -0.3 is 20.1 Å². The summed E-state index contributed by atoms with van der Waals surface area (Å²) >= 11 is 0. The van der Waals surface area contributed by atoms with Gasteiger partial charge in [0, 0.05) is 30.6 Å². The number of esters is 1. The summed E-state index contributed by atoms with van der Waals surface area (Å²) in [6, 6.07) is 0. The second kappa shape index (κ2) is 8.96. The van der Waals surface area contributed by atoms with Crippen LogP contribution >= 0.6 is 0 Å². The highest BCUT2D eigenvalue weighted by atomic mass is 16.6. The predicted octanol–water partition coefficient (Wildman–Crippen LogP) is 4.19. The molecule has 4 rings (SSSR count). The third-order valence-electron chi connectivity index (χ3n) is 11.2. The number of ether oxygens (including phenoxy) is 1. The van der Waals surface area contributed by atoms with E-state index in [1.807, 2.05) is 26.8 Å². The SMILES string of the molecule is CC(=O)OC(C)(C)/C=C/C(=O)[C@@](C)(O)[C@H]1[C@H](O)C[C@@]2(C)[C@@H]3CC=C4[C@H](C=C(O)C(=O)C4(C)C)[C@]3(C)C(=O)C[C@]12C. The van der Waals surface area contributed by atoms with Crippen molar-refractivity contribution in [1.82, 2.24) is 0 Å². The molecule has 0 aromatic rings. The quantitative estimate of drug-likeness (QED) is 0.260. The Morgan fingerprint density at radius 2 is 1.68 bits per heavy atom. The Hall–Kier alpha value is -2.58. The van der Waals surface area contributed by atoms with Gasteiger partial charge >= 0.3 is 5.97 Å². The van der Waals surface area contributed by atoms with E-state index < -0.39 is 62.6 Å². The largest absolute Gasteiger partial charge is 0.505 e. The van der Waals surface area contributed by atoms with Gasteiger partial charge in [-0.05, 0) is 82.4 Å². The third kappa shape index (κ3) is 4.00. The number of aliphatic hydroxyl groups is 3. The number of allylic oxidation sites excluding steroid dienone is 4. The van der Waals surface area contributed by atoms with Gasteiger partial charge in [0.15, 0.2) is 11.5 Å². The van der Waals surface area contributed by atoms with Crippen LogP contribution in [0.5, 0.6) is 0 Å². The molecular formula is C32H44O8. The molecule has 220 valence electrons. The summed E-state index contributed by atoms with van der Waals surface area (Å²) in [7, 11) is 0. The van der Waals surface area contributed by atoms with Gasteiger partial charge in [0.1, 0.15) is 17.0 Å². The van der Waals surface area contributed by atoms with Gasteiger partial charge in [0.05, 0.1) is 11.5 Å². The average Bonchev–Trinajstić information content (AvgIpc) is 3.01. The molecule has 0 saturated heterocycles. The number of carbonyl (C=O) groups excluding carboxylic acids is 4. The topological polar surface area (TPSA) is 138 Å². The molecule has 0 radical (unpaired) electrons. The molecule has 8 nitrogen and oxygen atoms in total. The van der Waals surface area contributed by atoms with Crippen LogP contribution in [0.4, 0.5) is 0 Å². The van der Waals surface area contributed by atoms with Crippen LogP contribution in [-0.2, 0) is 23.9 Å². The summed E-state index contributed by atoms with van der Waals surface area (Å²) in [6.45, 7) is 15.3. The lowest BCUT2D eigenvalue weighted by Crippen LogP contribution is -2.64. The first-order chi connectivity index (χ1) is 18.1. The second-order valence-corrected chi connectivity index (χ2v) is 14.4. The highest BCUT2D eigenvalue weighted by molar-refractivity contribution is 6.02. The molecule has 8 heteroatoms. The fraction of sp³-hybridized carbons (Fsp3) is 0.688. The van der Waals surface area contributed by atoms with Gasteiger partial charge in [0.2, 0.25) is 5.78 Å². The maximum absolute atomic E-state index is 14.3. The summed E-state index contributed by atoms with van der Waals surface area (Å²) in [5.74, 6) is -3.61. The summed E-state index contributed by atoms with van der Waals surface area (Å²) in [4.78, 5) is 52.0. The maximum atomic E-state index is 14.3. The zero-order valence-corrected chi connectivity index (χ0v) is 25.1. The Bertz CT molecular complexity index is 1270. The second-order valence-electron chi connectivity index (χ2n) is 14.4. The molecule has 3 N–H and O–H groups in total. The molecule has 4 aliphatic rings. The van der Waals surface area contributed by atoms with E-state index in [1.54, 1.807) is 27.7 Å². The lowest BCUT2D eigenvalue weighted by molar-refractivity contribution is -0.179. The van der Waals surface area contributed by atoms with Crippen LogP contribution in [0.25, 0.3) is 0 Å². The molecule has 2 fully saturated rings. The minimum atomic E-state index is -2.00. The van der Waals surface area contributed by atoms with Crippen molar-refractivity contribution in [2.24, 2.45) is 39.4 Å². The molecule has 40 heavy (non-hydrogen) atoms. The van der Waals surface area contributed by atoms with E-state index in [9.17, 15) is 34.5 Å². The number of hydrogen-bond acceptors (Lipinski definition) is 8. The van der Waals surface area contributed by atoms with E-state index in [1.165, 1.54) is 32.1 Å². The third-order valence-corrected chi connectivity index (χ3v) is 11.2. The maximum Gasteiger partial charge on any atom is 0.303 e. The van der Waals surface area contributed by atoms with Gasteiger partial charge in [0.25, 0.3) is 0 Å². The molecular weight excluding hydrogens is 512 g/mol. The van der Waals surface area contributed by atoms with Crippen LogP contribution in [0.15, 0.2) is 35.6 Å². The van der Waals surface area contributed by atoms with Crippen LogP contribution < -0.4 is 0 Å². The van der Waals surface area contributed by atoms with Gasteiger partial charge in [-0.2, -0.15) is 0 Å². The van der Waals surface area contributed by atoms with E-state index in [-0.39, 0.29) is 36.1 Å². The Labute approximate surface area is 236 Å². The summed E-state index contributed by atoms with van der Waals surface area (Å²) in [6.07, 6.45) is 5.89. The van der Waals surface area contributed by atoms with E-state index in [2.05, 4.69) is 0 Å². The van der Waals surface area contributed by atoms with Crippen molar-refractivity contribution in [3.63, 3.8) is 0 Å². The first-order valence-electron chi connectivity index (χ1n) is 14.1. The van der Waals surface area contributed by atoms with E-state index in [0.29, 0.717) is 6.42 Å². The monoisotopic (exact) mass is 556 g/mol. The minimum absolute atomic E-state index is 0.0249. The van der Waals surface area contributed by atoms with Crippen molar-refractivity contribution < 1.29 is 39.2 Å². The molecule has 8 atom stereocenters. The molecule has 0 heterocycles. The number of rotatable bonds is 5. The molecule has 0 unspecified atom stereocenters. The summed E-state index contributed by atoms with van der Waals surface area (Å²) in [5, 5.41) is 33.8. The van der Waals surface area contributed by atoms with Crippen LogP contribution in [0, 0.1) is 39.4 Å².